The van der Waals surface area contributed by atoms with Crippen molar-refractivity contribution in [2.24, 2.45) is 0 Å². The maximum atomic E-state index is 14.0. The van der Waals surface area contributed by atoms with E-state index < -0.39 is 0 Å². The van der Waals surface area contributed by atoms with Gasteiger partial charge in [-0.05, 0) is 44.9 Å². The number of rotatable bonds is 6. The Morgan fingerprint density at radius 3 is 2.70 bits per heavy atom. The second-order valence-corrected chi connectivity index (χ2v) is 5.57. The first kappa shape index (κ1) is 14.8. The van der Waals surface area contributed by atoms with E-state index >= 15 is 0 Å². The summed E-state index contributed by atoms with van der Waals surface area (Å²) in [5, 5.41) is 5.82. The first-order valence-corrected chi connectivity index (χ1v) is 7.03. The lowest BCUT2D eigenvalue weighted by Crippen LogP contribution is -2.29. The van der Waals surface area contributed by atoms with Crippen molar-refractivity contribution in [3.05, 3.63) is 24.0 Å². The number of halogens is 1. The van der Waals surface area contributed by atoms with Crippen molar-refractivity contribution in [3.63, 3.8) is 0 Å². The molecule has 0 heterocycles. The van der Waals surface area contributed by atoms with E-state index in [-0.39, 0.29) is 24.3 Å². The van der Waals surface area contributed by atoms with E-state index in [2.05, 4.69) is 10.6 Å². The van der Waals surface area contributed by atoms with Gasteiger partial charge in [0.05, 0.1) is 12.2 Å². The molecule has 2 N–H and O–H groups in total. The molecule has 5 heteroatoms. The third-order valence-corrected chi connectivity index (χ3v) is 3.51. The number of anilines is 2. The minimum Gasteiger partial charge on any atom is -0.370 e. The summed E-state index contributed by atoms with van der Waals surface area (Å²) in [5.41, 5.74) is 1.03. The molecule has 110 valence electrons. The highest BCUT2D eigenvalue weighted by molar-refractivity contribution is 5.92. The van der Waals surface area contributed by atoms with Crippen molar-refractivity contribution >= 4 is 17.3 Å². The number of benzene rings is 1. The first-order valence-electron chi connectivity index (χ1n) is 7.03. The van der Waals surface area contributed by atoms with Crippen LogP contribution in [0.5, 0.6) is 0 Å². The quantitative estimate of drug-likeness (QED) is 0.840. The molecule has 1 amide bonds. The zero-order valence-electron chi connectivity index (χ0n) is 12.2. The van der Waals surface area contributed by atoms with Crippen LogP contribution < -0.4 is 15.5 Å². The molecule has 0 spiro atoms. The third-order valence-electron chi connectivity index (χ3n) is 3.51. The normalized spacial score (nSPS) is 14.4. The van der Waals surface area contributed by atoms with Gasteiger partial charge in [0.2, 0.25) is 5.91 Å². The van der Waals surface area contributed by atoms with Crippen molar-refractivity contribution in [1.29, 1.82) is 0 Å². The fourth-order valence-electron chi connectivity index (χ4n) is 1.88. The second kappa shape index (κ2) is 6.22. The lowest BCUT2D eigenvalue weighted by molar-refractivity contribution is -0.115. The van der Waals surface area contributed by atoms with Gasteiger partial charge in [0.15, 0.2) is 0 Å². The van der Waals surface area contributed by atoms with Gasteiger partial charge in [-0.15, -0.1) is 0 Å². The van der Waals surface area contributed by atoms with Crippen LogP contribution in [0.25, 0.3) is 0 Å². The molecule has 1 aliphatic carbocycles. The molecule has 0 saturated heterocycles. The van der Waals surface area contributed by atoms with E-state index in [0.717, 1.165) is 12.8 Å². The zero-order chi connectivity index (χ0) is 14.7. The molecule has 0 atom stereocenters. The number of carbonyl (C=O) groups excluding carboxylic acids is 1. The first-order chi connectivity index (χ1) is 9.47. The molecule has 1 fully saturated rings. The van der Waals surface area contributed by atoms with Crippen molar-refractivity contribution in [2.75, 3.05) is 23.8 Å². The molecule has 1 aliphatic rings. The Labute approximate surface area is 119 Å². The molecule has 0 aromatic heterocycles. The van der Waals surface area contributed by atoms with E-state index in [1.807, 2.05) is 25.8 Å². The predicted octanol–water partition coefficient (Wildman–Crippen LogP) is 2.36. The Kier molecular flexibility index (Phi) is 4.60. The van der Waals surface area contributed by atoms with Crippen LogP contribution in [0.3, 0.4) is 0 Å². The van der Waals surface area contributed by atoms with Gasteiger partial charge in [-0.3, -0.25) is 4.79 Å². The van der Waals surface area contributed by atoms with E-state index in [1.54, 1.807) is 12.1 Å². The molecule has 0 bridgehead atoms. The monoisotopic (exact) mass is 279 g/mol. The van der Waals surface area contributed by atoms with E-state index in [4.69, 9.17) is 0 Å². The summed E-state index contributed by atoms with van der Waals surface area (Å²) >= 11 is 0. The SMILES string of the molecule is CC(C)N(C)c1ccc(NC(=O)CNC2CC2)cc1F. The Bertz CT molecular complexity index is 486. The Morgan fingerprint density at radius 1 is 1.45 bits per heavy atom. The topological polar surface area (TPSA) is 44.4 Å². The average molecular weight is 279 g/mol. The van der Waals surface area contributed by atoms with Crippen LogP contribution in [-0.2, 0) is 4.79 Å². The average Bonchev–Trinajstić information content (AvgIpc) is 3.19. The number of nitrogens with zero attached hydrogens (tertiary/aromatic N) is 1. The van der Waals surface area contributed by atoms with Crippen molar-refractivity contribution in [1.82, 2.24) is 5.32 Å². The standard InChI is InChI=1S/C15H22FN3O/c1-10(2)19(3)14-7-6-12(8-13(14)16)18-15(20)9-17-11-4-5-11/h6-8,10-11,17H,4-5,9H2,1-3H3,(H,18,20). The molecule has 0 radical (unpaired) electrons. The largest absolute Gasteiger partial charge is 0.370 e. The zero-order valence-corrected chi connectivity index (χ0v) is 12.2. The van der Waals surface area contributed by atoms with Crippen LogP contribution in [0.4, 0.5) is 15.8 Å². The van der Waals surface area contributed by atoms with Gasteiger partial charge in [0, 0.05) is 24.8 Å². The van der Waals surface area contributed by atoms with E-state index in [0.29, 0.717) is 17.4 Å². The molecular formula is C15H22FN3O. The minimum absolute atomic E-state index is 0.138. The lowest BCUT2D eigenvalue weighted by atomic mass is 10.2. The number of hydrogen-bond acceptors (Lipinski definition) is 3. The summed E-state index contributed by atoms with van der Waals surface area (Å²) in [6, 6.07) is 5.49. The van der Waals surface area contributed by atoms with Crippen molar-refractivity contribution in [3.8, 4) is 0 Å². The van der Waals surface area contributed by atoms with Gasteiger partial charge in [-0.25, -0.2) is 4.39 Å². The van der Waals surface area contributed by atoms with E-state index in [1.165, 1.54) is 6.07 Å². The summed E-state index contributed by atoms with van der Waals surface area (Å²) in [6.07, 6.45) is 2.27. The summed E-state index contributed by atoms with van der Waals surface area (Å²) in [4.78, 5) is 13.5. The van der Waals surface area contributed by atoms with Crippen LogP contribution in [0.15, 0.2) is 18.2 Å². The highest BCUT2D eigenvalue weighted by Gasteiger charge is 2.21. The van der Waals surface area contributed by atoms with Crippen LogP contribution in [0.1, 0.15) is 26.7 Å². The third kappa shape index (κ3) is 3.93. The summed E-state index contributed by atoms with van der Waals surface area (Å²) in [7, 11) is 1.85. The molecule has 1 saturated carbocycles. The van der Waals surface area contributed by atoms with Gasteiger partial charge in [0.1, 0.15) is 5.82 Å². The summed E-state index contributed by atoms with van der Waals surface area (Å²) in [5.74, 6) is -0.463. The molecule has 1 aromatic carbocycles. The number of carbonyl (C=O) groups is 1. The van der Waals surface area contributed by atoms with Crippen LogP contribution in [0, 0.1) is 5.82 Å². The molecular weight excluding hydrogens is 257 g/mol. The van der Waals surface area contributed by atoms with Gasteiger partial charge in [-0.1, -0.05) is 0 Å². The number of hydrogen-bond donors (Lipinski definition) is 2. The molecule has 0 unspecified atom stereocenters. The van der Waals surface area contributed by atoms with Crippen LogP contribution in [-0.4, -0.2) is 31.6 Å². The minimum atomic E-state index is -0.325. The smallest absolute Gasteiger partial charge is 0.238 e. The van der Waals surface area contributed by atoms with Crippen LogP contribution in [0.2, 0.25) is 0 Å². The second-order valence-electron chi connectivity index (χ2n) is 5.57. The number of nitrogens with one attached hydrogen (secondary N) is 2. The fraction of sp³-hybridized carbons (Fsp3) is 0.533. The van der Waals surface area contributed by atoms with Crippen molar-refractivity contribution in [2.45, 2.75) is 38.8 Å². The maximum absolute atomic E-state index is 14.0. The molecule has 4 nitrogen and oxygen atoms in total. The lowest BCUT2D eigenvalue weighted by Gasteiger charge is -2.24. The van der Waals surface area contributed by atoms with Crippen LogP contribution >= 0.6 is 0 Å². The molecule has 20 heavy (non-hydrogen) atoms. The summed E-state index contributed by atoms with van der Waals surface area (Å²) < 4.78 is 14.0. The highest BCUT2D eigenvalue weighted by Crippen LogP contribution is 2.23. The van der Waals surface area contributed by atoms with E-state index in [9.17, 15) is 9.18 Å². The predicted molar refractivity (Wildman–Crippen MR) is 79.6 cm³/mol. The fourth-order valence-corrected chi connectivity index (χ4v) is 1.88. The maximum Gasteiger partial charge on any atom is 0.238 e. The highest BCUT2D eigenvalue weighted by atomic mass is 19.1. The molecule has 2 rings (SSSR count). The molecule has 0 aliphatic heterocycles. The van der Waals surface area contributed by atoms with Gasteiger partial charge in [0.25, 0.3) is 0 Å². The Morgan fingerprint density at radius 2 is 2.15 bits per heavy atom. The number of amides is 1. The summed E-state index contributed by atoms with van der Waals surface area (Å²) in [6.45, 7) is 4.28. The van der Waals surface area contributed by atoms with Gasteiger partial charge < -0.3 is 15.5 Å². The Balaban J connectivity index is 1.95. The Hall–Kier alpha value is -1.62. The van der Waals surface area contributed by atoms with Gasteiger partial charge in [-0.2, -0.15) is 0 Å². The van der Waals surface area contributed by atoms with Gasteiger partial charge >= 0.3 is 0 Å². The van der Waals surface area contributed by atoms with Crippen molar-refractivity contribution < 1.29 is 9.18 Å². The molecule has 1 aromatic rings.